The van der Waals surface area contributed by atoms with Crippen LogP contribution < -0.4 is 33.2 Å². The van der Waals surface area contributed by atoms with Crippen LogP contribution in [0, 0.1) is 11.8 Å². The first-order valence-corrected chi connectivity index (χ1v) is 12.8. The van der Waals surface area contributed by atoms with E-state index in [1.54, 1.807) is 6.92 Å². The molecular formula is C24H48N6O5. The van der Waals surface area contributed by atoms with Crippen molar-refractivity contribution in [2.45, 2.75) is 103 Å². The molecule has 10 N–H and O–H groups in total. The van der Waals surface area contributed by atoms with Gasteiger partial charge in [0.2, 0.25) is 17.7 Å². The SMILES string of the molecule is CCC(C)C(N)C(=O)NC(CCCCN)C(=O)NC(C(=O)NC(CCCCN)C(=O)O)C(C)CC. The van der Waals surface area contributed by atoms with Crippen molar-refractivity contribution in [1.82, 2.24) is 16.0 Å². The maximum atomic E-state index is 13.2. The predicted octanol–water partition coefficient (Wildman–Crippen LogP) is 0.203. The summed E-state index contributed by atoms with van der Waals surface area (Å²) in [4.78, 5) is 50.5. The minimum Gasteiger partial charge on any atom is -0.480 e. The molecule has 0 aliphatic rings. The number of carboxylic acid groups (broad SMARTS) is 1. The molecule has 6 atom stereocenters. The van der Waals surface area contributed by atoms with Crippen molar-refractivity contribution in [1.29, 1.82) is 0 Å². The average molecular weight is 501 g/mol. The largest absolute Gasteiger partial charge is 0.480 e. The third kappa shape index (κ3) is 12.3. The first kappa shape index (κ1) is 32.8. The summed E-state index contributed by atoms with van der Waals surface area (Å²) in [7, 11) is 0. The Bertz CT molecular complexity index is 662. The first-order chi connectivity index (χ1) is 16.5. The molecule has 11 nitrogen and oxygen atoms in total. The van der Waals surface area contributed by atoms with Gasteiger partial charge < -0.3 is 38.3 Å². The number of carbonyl (C=O) groups is 4. The zero-order valence-electron chi connectivity index (χ0n) is 21.8. The third-order valence-corrected chi connectivity index (χ3v) is 6.49. The lowest BCUT2D eigenvalue weighted by molar-refractivity contribution is -0.143. The third-order valence-electron chi connectivity index (χ3n) is 6.49. The second-order valence-corrected chi connectivity index (χ2v) is 9.31. The van der Waals surface area contributed by atoms with Crippen LogP contribution in [0.3, 0.4) is 0 Å². The molecule has 3 amide bonds. The summed E-state index contributed by atoms with van der Waals surface area (Å²) < 4.78 is 0. The number of aliphatic carboxylic acids is 1. The van der Waals surface area contributed by atoms with Crippen molar-refractivity contribution in [2.24, 2.45) is 29.0 Å². The summed E-state index contributed by atoms with van der Waals surface area (Å²) in [6.07, 6.45) is 4.36. The molecule has 6 unspecified atom stereocenters. The van der Waals surface area contributed by atoms with Gasteiger partial charge in [0.1, 0.15) is 18.1 Å². The van der Waals surface area contributed by atoms with Crippen molar-refractivity contribution in [3.8, 4) is 0 Å². The van der Waals surface area contributed by atoms with Crippen molar-refractivity contribution in [3.05, 3.63) is 0 Å². The van der Waals surface area contributed by atoms with Gasteiger partial charge in [-0.25, -0.2) is 4.79 Å². The van der Waals surface area contributed by atoms with Crippen LogP contribution >= 0.6 is 0 Å². The molecule has 0 aliphatic heterocycles. The second-order valence-electron chi connectivity index (χ2n) is 9.31. The molecule has 0 rings (SSSR count). The Hall–Kier alpha value is -2.24. The van der Waals surface area contributed by atoms with E-state index in [0.29, 0.717) is 58.0 Å². The lowest BCUT2D eigenvalue weighted by Crippen LogP contribution is -2.59. The van der Waals surface area contributed by atoms with Gasteiger partial charge in [0.25, 0.3) is 0 Å². The number of hydrogen-bond donors (Lipinski definition) is 7. The highest BCUT2D eigenvalue weighted by molar-refractivity contribution is 5.94. The average Bonchev–Trinajstić information content (AvgIpc) is 2.84. The summed E-state index contributed by atoms with van der Waals surface area (Å²) in [5.74, 6) is -2.98. The second kappa shape index (κ2) is 18.1. The van der Waals surface area contributed by atoms with Gasteiger partial charge in [-0.3, -0.25) is 14.4 Å². The van der Waals surface area contributed by atoms with Crippen LogP contribution in [0.5, 0.6) is 0 Å². The molecule has 35 heavy (non-hydrogen) atoms. The van der Waals surface area contributed by atoms with Crippen LogP contribution in [0.15, 0.2) is 0 Å². The highest BCUT2D eigenvalue weighted by atomic mass is 16.4. The first-order valence-electron chi connectivity index (χ1n) is 12.8. The van der Waals surface area contributed by atoms with Gasteiger partial charge in [-0.15, -0.1) is 0 Å². The molecule has 0 heterocycles. The van der Waals surface area contributed by atoms with Crippen molar-refractivity contribution in [2.75, 3.05) is 13.1 Å². The molecule has 0 saturated carbocycles. The summed E-state index contributed by atoms with van der Waals surface area (Å²) in [5.41, 5.74) is 17.1. The molecule has 0 fully saturated rings. The minimum atomic E-state index is -1.14. The predicted molar refractivity (Wildman–Crippen MR) is 136 cm³/mol. The van der Waals surface area contributed by atoms with Crippen LogP contribution in [-0.2, 0) is 19.2 Å². The molecule has 0 aromatic rings. The number of rotatable bonds is 19. The number of carbonyl (C=O) groups excluding carboxylic acids is 3. The molecule has 0 aromatic carbocycles. The maximum absolute atomic E-state index is 13.2. The topological polar surface area (TPSA) is 203 Å². The van der Waals surface area contributed by atoms with E-state index in [1.165, 1.54) is 0 Å². The highest BCUT2D eigenvalue weighted by Crippen LogP contribution is 2.12. The molecule has 0 saturated heterocycles. The van der Waals surface area contributed by atoms with Gasteiger partial charge in [0.05, 0.1) is 6.04 Å². The number of amides is 3. The van der Waals surface area contributed by atoms with Crippen LogP contribution in [0.25, 0.3) is 0 Å². The summed E-state index contributed by atoms with van der Waals surface area (Å²) >= 11 is 0. The molecule has 11 heteroatoms. The van der Waals surface area contributed by atoms with Crippen LogP contribution in [0.1, 0.15) is 79.1 Å². The van der Waals surface area contributed by atoms with Gasteiger partial charge in [0, 0.05) is 0 Å². The molecule has 0 aromatic heterocycles. The van der Waals surface area contributed by atoms with E-state index in [0.717, 1.165) is 0 Å². The van der Waals surface area contributed by atoms with E-state index in [9.17, 15) is 24.3 Å². The van der Waals surface area contributed by atoms with E-state index in [-0.39, 0.29) is 18.3 Å². The highest BCUT2D eigenvalue weighted by Gasteiger charge is 2.32. The van der Waals surface area contributed by atoms with Crippen LogP contribution in [-0.4, -0.2) is 66.1 Å². The molecule has 0 bridgehead atoms. The molecule has 0 aliphatic carbocycles. The van der Waals surface area contributed by atoms with Gasteiger partial charge >= 0.3 is 5.97 Å². The number of nitrogens with two attached hydrogens (primary N) is 3. The number of carboxylic acids is 1. The Balaban J connectivity index is 5.54. The monoisotopic (exact) mass is 500 g/mol. The Morgan fingerprint density at radius 1 is 0.714 bits per heavy atom. The van der Waals surface area contributed by atoms with Crippen molar-refractivity contribution in [3.63, 3.8) is 0 Å². The van der Waals surface area contributed by atoms with E-state index in [2.05, 4.69) is 16.0 Å². The number of hydrogen-bond acceptors (Lipinski definition) is 7. The number of nitrogens with one attached hydrogen (secondary N) is 3. The smallest absolute Gasteiger partial charge is 0.326 e. The van der Waals surface area contributed by atoms with Gasteiger partial charge in [-0.1, -0.05) is 40.5 Å². The fourth-order valence-corrected chi connectivity index (χ4v) is 3.51. The Morgan fingerprint density at radius 3 is 1.66 bits per heavy atom. The van der Waals surface area contributed by atoms with E-state index < -0.39 is 47.9 Å². The van der Waals surface area contributed by atoms with E-state index in [1.807, 2.05) is 20.8 Å². The molecule has 0 radical (unpaired) electrons. The maximum Gasteiger partial charge on any atom is 0.326 e. The zero-order valence-corrected chi connectivity index (χ0v) is 21.8. The van der Waals surface area contributed by atoms with Crippen LogP contribution in [0.2, 0.25) is 0 Å². The lowest BCUT2D eigenvalue weighted by atomic mass is 9.96. The van der Waals surface area contributed by atoms with Gasteiger partial charge in [-0.2, -0.15) is 0 Å². The zero-order chi connectivity index (χ0) is 27.0. The molecular weight excluding hydrogens is 452 g/mol. The standard InChI is InChI=1S/C24H48N6O5/c1-5-15(3)19(27)22(32)28-17(11-7-9-13-25)21(31)30-20(16(4)6-2)23(33)29-18(24(34)35)12-8-10-14-26/h15-20H,5-14,25-27H2,1-4H3,(H,28,32)(H,29,33)(H,30,31)(H,34,35). The molecule has 0 spiro atoms. The van der Waals surface area contributed by atoms with Crippen molar-refractivity contribution >= 4 is 23.7 Å². The fraction of sp³-hybridized carbons (Fsp3) is 0.833. The summed E-state index contributed by atoms with van der Waals surface area (Å²) in [6, 6.07) is -3.68. The quantitative estimate of drug-likeness (QED) is 0.122. The summed E-state index contributed by atoms with van der Waals surface area (Å²) in [6.45, 7) is 8.35. The van der Waals surface area contributed by atoms with E-state index >= 15 is 0 Å². The lowest BCUT2D eigenvalue weighted by Gasteiger charge is -2.28. The van der Waals surface area contributed by atoms with Crippen molar-refractivity contribution < 1.29 is 24.3 Å². The minimum absolute atomic E-state index is 0.0615. The Labute approximate surface area is 209 Å². The summed E-state index contributed by atoms with van der Waals surface area (Å²) in [5, 5.41) is 17.5. The normalized spacial score (nSPS) is 16.3. The Morgan fingerprint density at radius 2 is 1.20 bits per heavy atom. The Kier molecular flexibility index (Phi) is 16.9. The molecule has 204 valence electrons. The van der Waals surface area contributed by atoms with Gasteiger partial charge in [0.15, 0.2) is 0 Å². The van der Waals surface area contributed by atoms with E-state index in [4.69, 9.17) is 17.2 Å². The van der Waals surface area contributed by atoms with Crippen LogP contribution in [0.4, 0.5) is 0 Å². The number of unbranched alkanes of at least 4 members (excludes halogenated alkanes) is 2. The fourth-order valence-electron chi connectivity index (χ4n) is 3.51. The van der Waals surface area contributed by atoms with Gasteiger partial charge in [-0.05, 0) is 63.5 Å².